The van der Waals surface area contributed by atoms with Gasteiger partial charge in [-0.05, 0) is 54.6 Å². The molecule has 142 valence electrons. The molecule has 8 heteroatoms. The quantitative estimate of drug-likeness (QED) is 0.488. The van der Waals surface area contributed by atoms with E-state index in [1.165, 1.54) is 6.08 Å². The molecule has 0 spiro atoms. The predicted molar refractivity (Wildman–Crippen MR) is 114 cm³/mol. The van der Waals surface area contributed by atoms with E-state index in [0.717, 1.165) is 4.47 Å². The monoisotopic (exact) mass is 460 g/mol. The van der Waals surface area contributed by atoms with Crippen LogP contribution >= 0.6 is 27.5 Å². The van der Waals surface area contributed by atoms with Crippen LogP contribution in [-0.4, -0.2) is 28.1 Å². The fourth-order valence-corrected chi connectivity index (χ4v) is 3.38. The summed E-state index contributed by atoms with van der Waals surface area (Å²) in [5.74, 6) is 0.149. The molecular formula is C20H15BrClFN4O. The van der Waals surface area contributed by atoms with E-state index in [1.54, 1.807) is 30.4 Å². The average molecular weight is 462 g/mol. The van der Waals surface area contributed by atoms with E-state index in [0.29, 0.717) is 33.3 Å². The van der Waals surface area contributed by atoms with Gasteiger partial charge < -0.3 is 15.6 Å². The maximum Gasteiger partial charge on any atom is 0.255 e. The number of allylic oxidation sites excluding steroid dienone is 2. The summed E-state index contributed by atoms with van der Waals surface area (Å²) in [4.78, 5) is 20.0. The number of hydrogen-bond donors (Lipinski definition) is 3. The molecule has 3 aromatic rings. The number of H-pyrrole nitrogens is 1. The smallest absolute Gasteiger partial charge is 0.255 e. The van der Waals surface area contributed by atoms with Gasteiger partial charge >= 0.3 is 0 Å². The van der Waals surface area contributed by atoms with E-state index in [-0.39, 0.29) is 5.91 Å². The van der Waals surface area contributed by atoms with Gasteiger partial charge in [-0.1, -0.05) is 33.6 Å². The lowest BCUT2D eigenvalue weighted by Crippen LogP contribution is -2.31. The van der Waals surface area contributed by atoms with Gasteiger partial charge in [0.25, 0.3) is 5.91 Å². The van der Waals surface area contributed by atoms with Crippen molar-refractivity contribution in [2.24, 2.45) is 0 Å². The Kier molecular flexibility index (Phi) is 5.19. The molecule has 0 fully saturated rings. The second kappa shape index (κ2) is 7.77. The van der Waals surface area contributed by atoms with Crippen molar-refractivity contribution in [3.05, 3.63) is 75.8 Å². The molecule has 2 aromatic carbocycles. The molecule has 0 bridgehead atoms. The van der Waals surface area contributed by atoms with Crippen molar-refractivity contribution in [2.45, 2.75) is 12.2 Å². The fraction of sp³-hybridized carbons (Fsp3) is 0.100. The van der Waals surface area contributed by atoms with Crippen molar-refractivity contribution in [1.29, 1.82) is 0 Å². The van der Waals surface area contributed by atoms with Gasteiger partial charge in [-0.2, -0.15) is 0 Å². The van der Waals surface area contributed by atoms with E-state index in [9.17, 15) is 9.18 Å². The highest BCUT2D eigenvalue weighted by Gasteiger charge is 2.25. The summed E-state index contributed by atoms with van der Waals surface area (Å²) in [6.07, 6.45) is 3.40. The zero-order valence-electron chi connectivity index (χ0n) is 14.4. The zero-order valence-corrected chi connectivity index (χ0v) is 16.8. The van der Waals surface area contributed by atoms with Crippen LogP contribution in [0.2, 0.25) is 0 Å². The van der Waals surface area contributed by atoms with Crippen molar-refractivity contribution in [3.63, 3.8) is 0 Å². The first-order valence-electron chi connectivity index (χ1n) is 8.51. The summed E-state index contributed by atoms with van der Waals surface area (Å²) in [6.45, 7) is 0. The third kappa shape index (κ3) is 3.95. The number of benzene rings is 2. The lowest BCUT2D eigenvalue weighted by Gasteiger charge is -2.21. The Morgan fingerprint density at radius 2 is 2.00 bits per heavy atom. The average Bonchev–Trinajstić information content (AvgIpc) is 3.08. The molecule has 3 N–H and O–H groups in total. The van der Waals surface area contributed by atoms with Crippen LogP contribution in [0.1, 0.15) is 10.4 Å². The van der Waals surface area contributed by atoms with Gasteiger partial charge in [0.15, 0.2) is 0 Å². The highest BCUT2D eigenvalue weighted by Crippen LogP contribution is 2.25. The molecule has 2 atom stereocenters. The first-order chi connectivity index (χ1) is 13.5. The molecule has 2 unspecified atom stereocenters. The standard InChI is InChI=1S/C20H15BrClFN4O/c21-12-5-7-13(8-6-12)24-19(28)11-4-9-16-17(10-11)26-20(25-16)27-18-14(22)2-1-3-15(18)23/h1-10,15,18H,(H,24,28)(H2,25,26,27). The second-order valence-corrected chi connectivity index (χ2v) is 7.63. The van der Waals surface area contributed by atoms with E-state index in [2.05, 4.69) is 36.5 Å². The molecule has 1 heterocycles. The van der Waals surface area contributed by atoms with Gasteiger partial charge in [-0.3, -0.25) is 4.79 Å². The summed E-state index contributed by atoms with van der Waals surface area (Å²) < 4.78 is 15.0. The number of aromatic amines is 1. The number of amides is 1. The van der Waals surface area contributed by atoms with Crippen molar-refractivity contribution in [3.8, 4) is 0 Å². The van der Waals surface area contributed by atoms with Crippen LogP contribution < -0.4 is 10.6 Å². The van der Waals surface area contributed by atoms with E-state index in [1.807, 2.05) is 24.3 Å². The maximum atomic E-state index is 14.1. The maximum absolute atomic E-state index is 14.1. The Balaban J connectivity index is 1.53. The van der Waals surface area contributed by atoms with Crippen LogP contribution in [0.3, 0.4) is 0 Å². The van der Waals surface area contributed by atoms with Gasteiger partial charge in [0.2, 0.25) is 5.95 Å². The van der Waals surface area contributed by atoms with Crippen LogP contribution in [0.15, 0.2) is 70.2 Å². The van der Waals surface area contributed by atoms with Crippen molar-refractivity contribution >= 4 is 56.1 Å². The van der Waals surface area contributed by atoms with Gasteiger partial charge in [0, 0.05) is 20.8 Å². The topological polar surface area (TPSA) is 69.8 Å². The minimum atomic E-state index is -1.25. The number of carbonyl (C=O) groups excluding carboxylic acids is 1. The number of hydrogen-bond acceptors (Lipinski definition) is 3. The second-order valence-electron chi connectivity index (χ2n) is 6.28. The largest absolute Gasteiger partial charge is 0.345 e. The lowest BCUT2D eigenvalue weighted by molar-refractivity contribution is 0.102. The number of nitrogens with one attached hydrogen (secondary N) is 3. The first-order valence-corrected chi connectivity index (χ1v) is 9.68. The summed E-state index contributed by atoms with van der Waals surface area (Å²) >= 11 is 9.45. The highest BCUT2D eigenvalue weighted by atomic mass is 79.9. The lowest BCUT2D eigenvalue weighted by atomic mass is 10.1. The Labute approximate surface area is 173 Å². The SMILES string of the molecule is O=C(Nc1ccc(Br)cc1)c1ccc2nc(NC3C(Cl)=CC=CC3F)[nH]c2c1. The number of halogens is 3. The zero-order chi connectivity index (χ0) is 19.7. The van der Waals surface area contributed by atoms with Crippen LogP contribution in [0.25, 0.3) is 11.0 Å². The Bertz CT molecular complexity index is 1090. The van der Waals surface area contributed by atoms with Crippen molar-refractivity contribution in [1.82, 2.24) is 9.97 Å². The van der Waals surface area contributed by atoms with Crippen LogP contribution in [0.4, 0.5) is 16.0 Å². The molecule has 1 aromatic heterocycles. The number of fused-ring (bicyclic) bond motifs is 1. The Hall–Kier alpha value is -2.64. The van der Waals surface area contributed by atoms with Gasteiger partial charge in [-0.25, -0.2) is 9.37 Å². The van der Waals surface area contributed by atoms with E-state index in [4.69, 9.17) is 11.6 Å². The Morgan fingerprint density at radius 3 is 2.75 bits per heavy atom. The molecule has 0 saturated carbocycles. The van der Waals surface area contributed by atoms with E-state index >= 15 is 0 Å². The highest BCUT2D eigenvalue weighted by molar-refractivity contribution is 9.10. The number of anilines is 2. The number of rotatable bonds is 4. The molecule has 1 aliphatic rings. The number of aromatic nitrogens is 2. The summed E-state index contributed by atoms with van der Waals surface area (Å²) in [7, 11) is 0. The molecular weight excluding hydrogens is 447 g/mol. The molecule has 1 aliphatic carbocycles. The number of alkyl halides is 1. The van der Waals surface area contributed by atoms with Crippen LogP contribution in [0.5, 0.6) is 0 Å². The predicted octanol–water partition coefficient (Wildman–Crippen LogP) is 5.39. The third-order valence-electron chi connectivity index (χ3n) is 4.30. The number of carbonyl (C=O) groups is 1. The first kappa shape index (κ1) is 18.7. The van der Waals surface area contributed by atoms with Gasteiger partial charge in [0.05, 0.1) is 17.1 Å². The number of imidazole rings is 1. The van der Waals surface area contributed by atoms with Crippen LogP contribution in [-0.2, 0) is 0 Å². The van der Waals surface area contributed by atoms with Crippen molar-refractivity contribution in [2.75, 3.05) is 10.6 Å². The van der Waals surface area contributed by atoms with Gasteiger partial charge in [0.1, 0.15) is 6.17 Å². The summed E-state index contributed by atoms with van der Waals surface area (Å²) in [5, 5.41) is 6.17. The van der Waals surface area contributed by atoms with Gasteiger partial charge in [-0.15, -0.1) is 0 Å². The molecule has 0 radical (unpaired) electrons. The van der Waals surface area contributed by atoms with Crippen molar-refractivity contribution < 1.29 is 9.18 Å². The molecule has 1 amide bonds. The molecule has 4 rings (SSSR count). The van der Waals surface area contributed by atoms with E-state index < -0.39 is 12.2 Å². The number of nitrogens with zero attached hydrogens (tertiary/aromatic N) is 1. The molecule has 0 aliphatic heterocycles. The molecule has 5 nitrogen and oxygen atoms in total. The minimum Gasteiger partial charge on any atom is -0.345 e. The Morgan fingerprint density at radius 1 is 1.21 bits per heavy atom. The molecule has 0 saturated heterocycles. The van der Waals surface area contributed by atoms with Crippen LogP contribution in [0, 0.1) is 0 Å². The normalized spacial score (nSPS) is 18.8. The summed E-state index contributed by atoms with van der Waals surface area (Å²) in [6, 6.07) is 11.7. The molecule has 28 heavy (non-hydrogen) atoms. The third-order valence-corrected chi connectivity index (χ3v) is 5.19. The summed E-state index contributed by atoms with van der Waals surface area (Å²) in [5.41, 5.74) is 2.49. The minimum absolute atomic E-state index is 0.236. The fourth-order valence-electron chi connectivity index (χ4n) is 2.87.